The van der Waals surface area contributed by atoms with Gasteiger partial charge < -0.3 is 15.0 Å². The first-order chi connectivity index (χ1) is 19.1. The highest BCUT2D eigenvalue weighted by Gasteiger charge is 2.33. The van der Waals surface area contributed by atoms with Crippen molar-refractivity contribution in [2.75, 3.05) is 24.5 Å². The molecule has 0 heterocycles. The molecule has 11 heteroatoms. The maximum atomic E-state index is 13.9. The minimum atomic E-state index is -4.22. The maximum Gasteiger partial charge on any atom is 0.264 e. The molecule has 1 atom stereocenters. The molecule has 40 heavy (non-hydrogen) atoms. The molecule has 0 fully saturated rings. The quantitative estimate of drug-likeness (QED) is 0.258. The number of anilines is 1. The molecule has 2 amide bonds. The molecule has 0 radical (unpaired) electrons. The van der Waals surface area contributed by atoms with E-state index in [9.17, 15) is 18.0 Å². The Morgan fingerprint density at radius 2 is 1.70 bits per heavy atom. The van der Waals surface area contributed by atoms with Crippen molar-refractivity contribution in [3.63, 3.8) is 0 Å². The third kappa shape index (κ3) is 7.90. The molecule has 0 bridgehead atoms. The first-order valence-corrected chi connectivity index (χ1v) is 15.0. The van der Waals surface area contributed by atoms with E-state index >= 15 is 0 Å². The van der Waals surface area contributed by atoms with Crippen LogP contribution in [0.25, 0.3) is 0 Å². The molecule has 3 aromatic carbocycles. The van der Waals surface area contributed by atoms with Crippen molar-refractivity contribution in [1.82, 2.24) is 10.2 Å². The lowest BCUT2D eigenvalue weighted by atomic mass is 10.1. The average Bonchev–Trinajstić information content (AvgIpc) is 2.95. The standard InChI is InChI=1S/C29H33Cl2N3O5S/c1-4-5-17-32-29(36)21(2)33(19-22-9-6-7-12-27(22)31)28(35)20-34(24-11-8-10-23(30)18-24)40(37,38)26-15-13-25(39-3)14-16-26/h6-16,18,21H,4-5,17,19-20H2,1-3H3,(H,32,36). The number of ether oxygens (including phenoxy) is 1. The minimum Gasteiger partial charge on any atom is -0.497 e. The molecule has 0 aliphatic heterocycles. The van der Waals surface area contributed by atoms with Crippen molar-refractivity contribution in [2.24, 2.45) is 0 Å². The fourth-order valence-electron chi connectivity index (χ4n) is 3.96. The Kier molecular flexibility index (Phi) is 11.2. The zero-order valence-electron chi connectivity index (χ0n) is 22.6. The molecule has 3 rings (SSSR count). The number of rotatable bonds is 13. The lowest BCUT2D eigenvalue weighted by Crippen LogP contribution is -2.51. The van der Waals surface area contributed by atoms with Crippen molar-refractivity contribution < 1.29 is 22.7 Å². The Morgan fingerprint density at radius 1 is 1.00 bits per heavy atom. The van der Waals surface area contributed by atoms with E-state index in [0.29, 0.717) is 27.9 Å². The van der Waals surface area contributed by atoms with Crippen LogP contribution in [0.1, 0.15) is 32.3 Å². The van der Waals surface area contributed by atoms with Gasteiger partial charge in [0.05, 0.1) is 17.7 Å². The van der Waals surface area contributed by atoms with Crippen molar-refractivity contribution in [3.05, 3.63) is 88.4 Å². The number of carbonyl (C=O) groups excluding carboxylic acids is 2. The molecule has 0 aliphatic rings. The van der Waals surface area contributed by atoms with Crippen LogP contribution < -0.4 is 14.4 Å². The maximum absolute atomic E-state index is 13.9. The second-order valence-corrected chi connectivity index (χ2v) is 11.8. The van der Waals surface area contributed by atoms with Gasteiger partial charge in [0.15, 0.2) is 0 Å². The summed E-state index contributed by atoms with van der Waals surface area (Å²) < 4.78 is 33.9. The number of hydrogen-bond donors (Lipinski definition) is 1. The number of halogens is 2. The van der Waals surface area contributed by atoms with Gasteiger partial charge in [0, 0.05) is 23.1 Å². The highest BCUT2D eigenvalue weighted by molar-refractivity contribution is 7.92. The number of methoxy groups -OCH3 is 1. The molecule has 0 saturated carbocycles. The number of carbonyl (C=O) groups is 2. The first-order valence-electron chi connectivity index (χ1n) is 12.8. The van der Waals surface area contributed by atoms with E-state index < -0.39 is 28.5 Å². The van der Waals surface area contributed by atoms with Gasteiger partial charge in [-0.15, -0.1) is 0 Å². The van der Waals surface area contributed by atoms with E-state index in [0.717, 1.165) is 17.1 Å². The summed E-state index contributed by atoms with van der Waals surface area (Å²) in [4.78, 5) is 28.2. The van der Waals surface area contributed by atoms with Crippen molar-refractivity contribution >= 4 is 50.7 Å². The predicted octanol–water partition coefficient (Wildman–Crippen LogP) is 5.53. The smallest absolute Gasteiger partial charge is 0.264 e. The van der Waals surface area contributed by atoms with E-state index in [1.165, 1.54) is 42.3 Å². The Labute approximate surface area is 245 Å². The van der Waals surface area contributed by atoms with Gasteiger partial charge in [-0.25, -0.2) is 8.42 Å². The third-order valence-corrected chi connectivity index (χ3v) is 8.71. The molecular weight excluding hydrogens is 573 g/mol. The first kappa shape index (κ1) is 31.3. The SMILES string of the molecule is CCCCNC(=O)C(C)N(Cc1ccccc1Cl)C(=O)CN(c1cccc(Cl)c1)S(=O)(=O)c1ccc(OC)cc1. The van der Waals surface area contributed by atoms with Gasteiger partial charge in [0.2, 0.25) is 11.8 Å². The van der Waals surface area contributed by atoms with Gasteiger partial charge in [-0.05, 0) is 67.4 Å². The second kappa shape index (κ2) is 14.4. The van der Waals surface area contributed by atoms with Gasteiger partial charge >= 0.3 is 0 Å². The summed E-state index contributed by atoms with van der Waals surface area (Å²) in [7, 11) is -2.74. The highest BCUT2D eigenvalue weighted by Crippen LogP contribution is 2.28. The van der Waals surface area contributed by atoms with Crippen molar-refractivity contribution in [1.29, 1.82) is 0 Å². The molecule has 8 nitrogen and oxygen atoms in total. The van der Waals surface area contributed by atoms with Crippen molar-refractivity contribution in [2.45, 2.75) is 44.2 Å². The number of nitrogens with one attached hydrogen (secondary N) is 1. The Bertz CT molecular complexity index is 1420. The van der Waals surface area contributed by atoms with Crippen LogP contribution in [0, 0.1) is 0 Å². The monoisotopic (exact) mass is 605 g/mol. The topological polar surface area (TPSA) is 96.0 Å². The van der Waals surface area contributed by atoms with Gasteiger partial charge in [-0.1, -0.05) is 60.8 Å². The largest absolute Gasteiger partial charge is 0.497 e. The average molecular weight is 607 g/mol. The van der Waals surface area contributed by atoms with Gasteiger partial charge in [0.1, 0.15) is 18.3 Å². The van der Waals surface area contributed by atoms with E-state index in [1.807, 2.05) is 6.92 Å². The van der Waals surface area contributed by atoms with Crippen LogP contribution in [0.4, 0.5) is 5.69 Å². The normalized spacial score (nSPS) is 11.9. The molecular formula is C29H33Cl2N3O5S. The zero-order valence-corrected chi connectivity index (χ0v) is 25.0. The second-order valence-electron chi connectivity index (χ2n) is 9.10. The fraction of sp³-hybridized carbons (Fsp3) is 0.310. The molecule has 3 aromatic rings. The molecule has 0 spiro atoms. The summed E-state index contributed by atoms with van der Waals surface area (Å²) in [5.41, 5.74) is 0.826. The van der Waals surface area contributed by atoms with Crippen LogP contribution in [-0.4, -0.2) is 51.4 Å². The Balaban J connectivity index is 2.01. The van der Waals surface area contributed by atoms with E-state index in [4.69, 9.17) is 27.9 Å². The van der Waals surface area contributed by atoms with Crippen LogP contribution in [0.3, 0.4) is 0 Å². The number of hydrogen-bond acceptors (Lipinski definition) is 5. The molecule has 0 aliphatic carbocycles. The van der Waals surface area contributed by atoms with E-state index in [2.05, 4.69) is 5.32 Å². The zero-order chi connectivity index (χ0) is 29.3. The third-order valence-electron chi connectivity index (χ3n) is 6.32. The van der Waals surface area contributed by atoms with Crippen molar-refractivity contribution in [3.8, 4) is 5.75 Å². The van der Waals surface area contributed by atoms with Crippen LogP contribution >= 0.6 is 23.2 Å². The lowest BCUT2D eigenvalue weighted by molar-refractivity contribution is -0.139. The van der Waals surface area contributed by atoms with E-state index in [-0.39, 0.29) is 23.0 Å². The molecule has 214 valence electrons. The van der Waals surface area contributed by atoms with Crippen LogP contribution in [0.15, 0.2) is 77.7 Å². The fourth-order valence-corrected chi connectivity index (χ4v) is 5.75. The molecule has 1 N–H and O–H groups in total. The van der Waals surface area contributed by atoms with Gasteiger partial charge in [0.25, 0.3) is 10.0 Å². The van der Waals surface area contributed by atoms with Crippen LogP contribution in [-0.2, 0) is 26.2 Å². The number of sulfonamides is 1. The summed E-state index contributed by atoms with van der Waals surface area (Å²) >= 11 is 12.6. The molecule has 0 saturated heterocycles. The van der Waals surface area contributed by atoms with Gasteiger partial charge in [-0.2, -0.15) is 0 Å². The Hall–Kier alpha value is -3.27. The number of benzene rings is 3. The summed E-state index contributed by atoms with van der Waals surface area (Å²) in [6, 6.07) is 18.2. The van der Waals surface area contributed by atoms with E-state index in [1.54, 1.807) is 49.4 Å². The number of unbranched alkanes of at least 4 members (excludes halogenated alkanes) is 1. The summed E-state index contributed by atoms with van der Waals surface area (Å²) in [5, 5.41) is 3.58. The Morgan fingerprint density at radius 3 is 2.33 bits per heavy atom. The lowest BCUT2D eigenvalue weighted by Gasteiger charge is -2.32. The molecule has 1 unspecified atom stereocenters. The van der Waals surface area contributed by atoms with Gasteiger partial charge in [-0.3, -0.25) is 13.9 Å². The number of nitrogens with zero attached hydrogens (tertiary/aromatic N) is 2. The summed E-state index contributed by atoms with van der Waals surface area (Å²) in [5.74, 6) is -0.450. The van der Waals surface area contributed by atoms with Crippen LogP contribution in [0.2, 0.25) is 10.0 Å². The number of amides is 2. The highest BCUT2D eigenvalue weighted by atomic mass is 35.5. The predicted molar refractivity (Wildman–Crippen MR) is 158 cm³/mol. The molecule has 0 aromatic heterocycles. The summed E-state index contributed by atoms with van der Waals surface area (Å²) in [6.07, 6.45) is 1.69. The van der Waals surface area contributed by atoms with Crippen LogP contribution in [0.5, 0.6) is 5.75 Å². The summed E-state index contributed by atoms with van der Waals surface area (Å²) in [6.45, 7) is 3.51. The minimum absolute atomic E-state index is 0.00679.